The molecule has 2 aromatic rings. The Morgan fingerprint density at radius 2 is 2.09 bits per heavy atom. The lowest BCUT2D eigenvalue weighted by atomic mass is 10.2. The van der Waals surface area contributed by atoms with E-state index in [9.17, 15) is 9.59 Å². The minimum Gasteiger partial charge on any atom is -0.346 e. The molecule has 0 unspecified atom stereocenters. The molecule has 3 rings (SSSR count). The van der Waals surface area contributed by atoms with Gasteiger partial charge in [-0.15, -0.1) is 11.3 Å². The van der Waals surface area contributed by atoms with E-state index in [1.165, 1.54) is 5.01 Å². The molecule has 1 aliphatic heterocycles. The van der Waals surface area contributed by atoms with Gasteiger partial charge in [-0.25, -0.2) is 5.01 Å². The molecule has 1 aliphatic rings. The number of carbonyl (C=O) groups excluding carboxylic acids is 2. The van der Waals surface area contributed by atoms with Gasteiger partial charge in [-0.3, -0.25) is 15.0 Å². The Hall–Kier alpha value is -2.12. The highest BCUT2D eigenvalue weighted by atomic mass is 79.9. The van der Waals surface area contributed by atoms with Crippen LogP contribution in [0.25, 0.3) is 0 Å². The maximum atomic E-state index is 12.2. The Morgan fingerprint density at radius 3 is 2.78 bits per heavy atom. The van der Waals surface area contributed by atoms with Crippen LogP contribution in [0.2, 0.25) is 0 Å². The van der Waals surface area contributed by atoms with Gasteiger partial charge in [0.25, 0.3) is 5.91 Å². The van der Waals surface area contributed by atoms with Crippen molar-refractivity contribution < 1.29 is 9.59 Å². The first-order valence-corrected chi connectivity index (χ1v) is 8.66. The summed E-state index contributed by atoms with van der Waals surface area (Å²) in [6, 6.07) is 11.2. The molecule has 0 saturated heterocycles. The number of hydrazine groups is 1. The SMILES string of the molecule is O=C(NCc1cccs1)C1=CCC(=O)N(c2ccc(Br)cc2)N1. The topological polar surface area (TPSA) is 61.4 Å². The number of anilines is 1. The van der Waals surface area contributed by atoms with E-state index in [2.05, 4.69) is 26.7 Å². The zero-order valence-corrected chi connectivity index (χ0v) is 14.5. The van der Waals surface area contributed by atoms with E-state index in [1.807, 2.05) is 41.8 Å². The lowest BCUT2D eigenvalue weighted by Gasteiger charge is -2.28. The van der Waals surface area contributed by atoms with Crippen molar-refractivity contribution in [2.45, 2.75) is 13.0 Å². The van der Waals surface area contributed by atoms with Gasteiger partial charge in [0, 0.05) is 15.8 Å². The number of hydrogen-bond donors (Lipinski definition) is 2. The average molecular weight is 392 g/mol. The number of hydrogen-bond acceptors (Lipinski definition) is 4. The van der Waals surface area contributed by atoms with Gasteiger partial charge >= 0.3 is 0 Å². The molecule has 0 atom stereocenters. The van der Waals surface area contributed by atoms with E-state index < -0.39 is 0 Å². The fourth-order valence-corrected chi connectivity index (χ4v) is 3.04. The molecule has 7 heteroatoms. The molecule has 0 bridgehead atoms. The van der Waals surface area contributed by atoms with Crippen molar-refractivity contribution in [2.75, 3.05) is 5.01 Å². The third-order valence-electron chi connectivity index (χ3n) is 3.30. The average Bonchev–Trinajstić information content (AvgIpc) is 3.07. The van der Waals surface area contributed by atoms with E-state index in [4.69, 9.17) is 0 Å². The van der Waals surface area contributed by atoms with Crippen molar-refractivity contribution in [3.63, 3.8) is 0 Å². The minimum absolute atomic E-state index is 0.109. The number of carbonyl (C=O) groups is 2. The summed E-state index contributed by atoms with van der Waals surface area (Å²) in [6.45, 7) is 0.474. The Kier molecular flexibility index (Phi) is 4.78. The van der Waals surface area contributed by atoms with Crippen molar-refractivity contribution in [1.82, 2.24) is 10.7 Å². The molecule has 2 N–H and O–H groups in total. The molecule has 1 aromatic heterocycles. The highest BCUT2D eigenvalue weighted by Gasteiger charge is 2.23. The molecule has 0 saturated carbocycles. The highest BCUT2D eigenvalue weighted by Crippen LogP contribution is 2.20. The second kappa shape index (κ2) is 6.97. The third-order valence-corrected chi connectivity index (χ3v) is 4.70. The van der Waals surface area contributed by atoms with Gasteiger partial charge in [-0.1, -0.05) is 22.0 Å². The zero-order valence-electron chi connectivity index (χ0n) is 12.1. The fourth-order valence-electron chi connectivity index (χ4n) is 2.13. The number of benzene rings is 1. The monoisotopic (exact) mass is 391 g/mol. The summed E-state index contributed by atoms with van der Waals surface area (Å²) in [7, 11) is 0. The second-order valence-electron chi connectivity index (χ2n) is 4.90. The molecule has 0 spiro atoms. The first kappa shape index (κ1) is 15.8. The van der Waals surface area contributed by atoms with Crippen LogP contribution in [0.5, 0.6) is 0 Å². The molecule has 0 fully saturated rings. The van der Waals surface area contributed by atoms with Crippen LogP contribution in [0.4, 0.5) is 5.69 Å². The summed E-state index contributed by atoms with van der Waals surface area (Å²) < 4.78 is 0.926. The third kappa shape index (κ3) is 3.80. The molecule has 5 nitrogen and oxygen atoms in total. The Bertz CT molecular complexity index is 741. The largest absolute Gasteiger partial charge is 0.346 e. The first-order chi connectivity index (χ1) is 11.1. The predicted molar refractivity (Wildman–Crippen MR) is 93.6 cm³/mol. The summed E-state index contributed by atoms with van der Waals surface area (Å²) in [5.41, 5.74) is 3.96. The number of halogens is 1. The van der Waals surface area contributed by atoms with Gasteiger partial charge in [-0.2, -0.15) is 0 Å². The number of nitrogens with zero attached hydrogens (tertiary/aromatic N) is 1. The molecular weight excluding hydrogens is 378 g/mol. The Labute approximate surface area is 146 Å². The van der Waals surface area contributed by atoms with E-state index in [0.717, 1.165) is 9.35 Å². The molecule has 118 valence electrons. The number of rotatable bonds is 4. The summed E-state index contributed by atoms with van der Waals surface area (Å²) in [5.74, 6) is -0.338. The van der Waals surface area contributed by atoms with Crippen molar-refractivity contribution in [2.24, 2.45) is 0 Å². The standard InChI is InChI=1S/C16H14BrN3O2S/c17-11-3-5-12(6-4-11)20-15(21)8-7-14(19-20)16(22)18-10-13-2-1-9-23-13/h1-7,9,19H,8,10H2,(H,18,22). The highest BCUT2D eigenvalue weighted by molar-refractivity contribution is 9.10. The molecule has 2 amide bonds. The van der Waals surface area contributed by atoms with Gasteiger partial charge in [0.15, 0.2) is 0 Å². The van der Waals surface area contributed by atoms with Crippen LogP contribution in [0.1, 0.15) is 11.3 Å². The van der Waals surface area contributed by atoms with Crippen LogP contribution in [-0.4, -0.2) is 11.8 Å². The van der Waals surface area contributed by atoms with Gasteiger partial charge in [0.1, 0.15) is 5.70 Å². The van der Waals surface area contributed by atoms with Crippen molar-refractivity contribution in [1.29, 1.82) is 0 Å². The maximum absolute atomic E-state index is 12.2. The molecular formula is C16H14BrN3O2S. The van der Waals surface area contributed by atoms with Crippen molar-refractivity contribution in [3.8, 4) is 0 Å². The van der Waals surface area contributed by atoms with Crippen LogP contribution >= 0.6 is 27.3 Å². The number of thiophene rings is 1. The smallest absolute Gasteiger partial charge is 0.269 e. The molecule has 2 heterocycles. The van der Waals surface area contributed by atoms with Crippen LogP contribution in [0.3, 0.4) is 0 Å². The maximum Gasteiger partial charge on any atom is 0.269 e. The van der Waals surface area contributed by atoms with E-state index in [1.54, 1.807) is 17.4 Å². The number of amides is 2. The van der Waals surface area contributed by atoms with Crippen molar-refractivity contribution >= 4 is 44.8 Å². The Balaban J connectivity index is 1.67. The molecule has 23 heavy (non-hydrogen) atoms. The number of nitrogens with one attached hydrogen (secondary N) is 2. The molecule has 0 radical (unpaired) electrons. The van der Waals surface area contributed by atoms with E-state index in [-0.39, 0.29) is 18.2 Å². The van der Waals surface area contributed by atoms with E-state index >= 15 is 0 Å². The van der Waals surface area contributed by atoms with Gasteiger partial charge in [0.2, 0.25) is 5.91 Å². The lowest BCUT2D eigenvalue weighted by molar-refractivity contribution is -0.120. The Morgan fingerprint density at radius 1 is 1.30 bits per heavy atom. The van der Waals surface area contributed by atoms with Crippen molar-refractivity contribution in [3.05, 3.63) is 62.9 Å². The summed E-state index contributed by atoms with van der Waals surface area (Å²) in [6.07, 6.45) is 1.80. The van der Waals surface area contributed by atoms with Crippen LogP contribution < -0.4 is 15.8 Å². The molecule has 0 aliphatic carbocycles. The van der Waals surface area contributed by atoms with Crippen LogP contribution in [0, 0.1) is 0 Å². The first-order valence-electron chi connectivity index (χ1n) is 6.99. The minimum atomic E-state index is -0.229. The lowest BCUT2D eigenvalue weighted by Crippen LogP contribution is -2.48. The second-order valence-corrected chi connectivity index (χ2v) is 6.85. The predicted octanol–water partition coefficient (Wildman–Crippen LogP) is 2.95. The quantitative estimate of drug-likeness (QED) is 0.841. The fraction of sp³-hybridized carbons (Fsp3) is 0.125. The van der Waals surface area contributed by atoms with Gasteiger partial charge < -0.3 is 5.32 Å². The molecule has 1 aromatic carbocycles. The van der Waals surface area contributed by atoms with Gasteiger partial charge in [0.05, 0.1) is 12.2 Å². The summed E-state index contributed by atoms with van der Waals surface area (Å²) in [4.78, 5) is 25.4. The van der Waals surface area contributed by atoms with Crippen LogP contribution in [-0.2, 0) is 16.1 Å². The zero-order chi connectivity index (χ0) is 16.2. The van der Waals surface area contributed by atoms with E-state index in [0.29, 0.717) is 17.9 Å². The normalized spacial score (nSPS) is 14.2. The summed E-state index contributed by atoms with van der Waals surface area (Å²) in [5, 5.41) is 6.21. The van der Waals surface area contributed by atoms with Crippen LogP contribution in [0.15, 0.2) is 58.0 Å². The summed E-state index contributed by atoms with van der Waals surface area (Å²) >= 11 is 4.95. The van der Waals surface area contributed by atoms with Gasteiger partial charge in [-0.05, 0) is 41.8 Å².